The molecule has 0 radical (unpaired) electrons. The molecule has 0 spiro atoms. The highest BCUT2D eigenvalue weighted by molar-refractivity contribution is 6.18. The van der Waals surface area contributed by atoms with Crippen LogP contribution in [0.4, 0.5) is 0 Å². The quantitative estimate of drug-likeness (QED) is 0.655. The minimum Gasteiger partial charge on any atom is -0.493 e. The summed E-state index contributed by atoms with van der Waals surface area (Å²) in [5.74, 6) is -0.849. The van der Waals surface area contributed by atoms with Gasteiger partial charge in [-0.15, -0.1) is 0 Å². The summed E-state index contributed by atoms with van der Waals surface area (Å²) < 4.78 is 10.0. The van der Waals surface area contributed by atoms with Crippen molar-refractivity contribution in [3.05, 3.63) is 23.7 Å². The average molecular weight is 234 g/mol. The van der Waals surface area contributed by atoms with Gasteiger partial charge in [0.05, 0.1) is 12.8 Å². The second-order valence-corrected chi connectivity index (χ2v) is 3.45. The first-order valence-corrected chi connectivity index (χ1v) is 4.92. The van der Waals surface area contributed by atoms with Crippen LogP contribution in [0.3, 0.4) is 0 Å². The third-order valence-electron chi connectivity index (χ3n) is 2.29. The molecule has 6 heteroatoms. The molecule has 1 amide bonds. The number of ether oxygens (including phenoxy) is 2. The van der Waals surface area contributed by atoms with Gasteiger partial charge in [-0.3, -0.25) is 9.59 Å². The van der Waals surface area contributed by atoms with Crippen molar-refractivity contribution in [2.45, 2.75) is 6.92 Å². The summed E-state index contributed by atoms with van der Waals surface area (Å²) in [5.41, 5.74) is 0.526. The van der Waals surface area contributed by atoms with E-state index in [9.17, 15) is 9.59 Å². The molecular weight excluding hydrogens is 224 g/mol. The van der Waals surface area contributed by atoms with Crippen LogP contribution in [0, 0.1) is 5.92 Å². The fraction of sp³-hybridized carbons (Fsp3) is 0.273. The van der Waals surface area contributed by atoms with Gasteiger partial charge in [0, 0.05) is 13.0 Å². The van der Waals surface area contributed by atoms with Gasteiger partial charge in [0.15, 0.2) is 11.5 Å². The number of rotatable bonds is 2. The van der Waals surface area contributed by atoms with Crippen molar-refractivity contribution >= 4 is 23.9 Å². The van der Waals surface area contributed by atoms with E-state index in [1.807, 2.05) is 0 Å². The molecule has 1 unspecified atom stereocenters. The Bertz CT molecular complexity index is 500. The standard InChI is InChI=1S/C11H10N2O4/c1-6(14)17-10-3-7-8(4-9(10)16-2)12-5-13-11(7)15/h3-5,7H,1-2H3. The van der Waals surface area contributed by atoms with Gasteiger partial charge in [-0.1, -0.05) is 0 Å². The highest BCUT2D eigenvalue weighted by Gasteiger charge is 2.30. The number of esters is 1. The molecule has 2 aliphatic rings. The molecular formula is C11H10N2O4. The number of amides is 1. The number of nitrogens with zero attached hydrogens (tertiary/aromatic N) is 2. The minimum absolute atomic E-state index is 0.217. The number of hydrogen-bond acceptors (Lipinski definition) is 5. The molecule has 1 heterocycles. The normalized spacial score (nSPS) is 22.1. The summed E-state index contributed by atoms with van der Waals surface area (Å²) in [4.78, 5) is 30.0. The molecule has 17 heavy (non-hydrogen) atoms. The molecule has 0 fully saturated rings. The van der Waals surface area contributed by atoms with Crippen molar-refractivity contribution in [2.24, 2.45) is 15.9 Å². The molecule has 0 aromatic heterocycles. The van der Waals surface area contributed by atoms with E-state index in [-0.39, 0.29) is 11.7 Å². The maximum atomic E-state index is 11.5. The lowest BCUT2D eigenvalue weighted by atomic mass is 9.95. The van der Waals surface area contributed by atoms with Crippen LogP contribution in [-0.2, 0) is 19.1 Å². The van der Waals surface area contributed by atoms with E-state index < -0.39 is 11.9 Å². The fourth-order valence-electron chi connectivity index (χ4n) is 1.56. The number of allylic oxidation sites excluding steroid dienone is 1. The monoisotopic (exact) mass is 234 g/mol. The Morgan fingerprint density at radius 2 is 2.18 bits per heavy atom. The van der Waals surface area contributed by atoms with Crippen LogP contribution in [0.1, 0.15) is 6.92 Å². The summed E-state index contributed by atoms with van der Waals surface area (Å²) in [6.07, 6.45) is 4.24. The van der Waals surface area contributed by atoms with Gasteiger partial charge in [0.2, 0.25) is 0 Å². The second-order valence-electron chi connectivity index (χ2n) is 3.45. The number of aliphatic imine (C=N–C) groups is 2. The number of methoxy groups -OCH3 is 1. The highest BCUT2D eigenvalue weighted by atomic mass is 16.6. The predicted molar refractivity (Wildman–Crippen MR) is 59.4 cm³/mol. The van der Waals surface area contributed by atoms with E-state index >= 15 is 0 Å². The van der Waals surface area contributed by atoms with Crippen LogP contribution in [0.25, 0.3) is 0 Å². The zero-order valence-electron chi connectivity index (χ0n) is 9.34. The predicted octanol–water partition coefficient (Wildman–Crippen LogP) is 0.603. The summed E-state index contributed by atoms with van der Waals surface area (Å²) in [7, 11) is 1.45. The molecule has 0 aromatic rings. The van der Waals surface area contributed by atoms with Crippen molar-refractivity contribution in [1.82, 2.24) is 0 Å². The molecule has 1 aliphatic heterocycles. The van der Waals surface area contributed by atoms with E-state index in [1.54, 1.807) is 6.08 Å². The number of fused-ring (bicyclic) bond motifs is 1. The van der Waals surface area contributed by atoms with Gasteiger partial charge in [0.25, 0.3) is 5.91 Å². The van der Waals surface area contributed by atoms with E-state index in [1.165, 1.54) is 26.4 Å². The van der Waals surface area contributed by atoms with Crippen molar-refractivity contribution in [1.29, 1.82) is 0 Å². The Morgan fingerprint density at radius 3 is 2.82 bits per heavy atom. The van der Waals surface area contributed by atoms with E-state index in [0.29, 0.717) is 11.5 Å². The number of hydrogen-bond donors (Lipinski definition) is 0. The van der Waals surface area contributed by atoms with Crippen LogP contribution in [0.15, 0.2) is 33.7 Å². The number of carbonyl (C=O) groups is 2. The smallest absolute Gasteiger partial charge is 0.308 e. The van der Waals surface area contributed by atoms with Gasteiger partial charge in [-0.25, -0.2) is 9.98 Å². The molecule has 0 N–H and O–H groups in total. The first kappa shape index (κ1) is 11.3. The molecule has 6 nitrogen and oxygen atoms in total. The molecule has 0 saturated carbocycles. The zero-order chi connectivity index (χ0) is 12.4. The topological polar surface area (TPSA) is 77.3 Å². The molecule has 88 valence electrons. The Balaban J connectivity index is 2.37. The van der Waals surface area contributed by atoms with Gasteiger partial charge in [-0.05, 0) is 6.08 Å². The molecule has 0 aromatic carbocycles. The summed E-state index contributed by atoms with van der Waals surface area (Å²) in [6, 6.07) is 0. The van der Waals surface area contributed by atoms with Crippen molar-refractivity contribution in [3.63, 3.8) is 0 Å². The Kier molecular flexibility index (Phi) is 2.86. The van der Waals surface area contributed by atoms with Gasteiger partial charge < -0.3 is 9.47 Å². The van der Waals surface area contributed by atoms with Gasteiger partial charge >= 0.3 is 5.97 Å². The lowest BCUT2D eigenvalue weighted by molar-refractivity contribution is -0.137. The van der Waals surface area contributed by atoms with Crippen molar-refractivity contribution < 1.29 is 19.1 Å². The second kappa shape index (κ2) is 4.32. The zero-order valence-corrected chi connectivity index (χ0v) is 9.34. The van der Waals surface area contributed by atoms with Gasteiger partial charge in [-0.2, -0.15) is 0 Å². The minimum atomic E-state index is -0.603. The van der Waals surface area contributed by atoms with E-state index in [2.05, 4.69) is 9.98 Å². The Labute approximate surface area is 97.3 Å². The van der Waals surface area contributed by atoms with Crippen LogP contribution >= 0.6 is 0 Å². The lowest BCUT2D eigenvalue weighted by Crippen LogP contribution is -2.27. The van der Waals surface area contributed by atoms with Crippen LogP contribution in [0.2, 0.25) is 0 Å². The number of carbonyl (C=O) groups excluding carboxylic acids is 2. The molecule has 0 saturated heterocycles. The van der Waals surface area contributed by atoms with E-state index in [4.69, 9.17) is 9.47 Å². The largest absolute Gasteiger partial charge is 0.493 e. The summed E-state index contributed by atoms with van der Waals surface area (Å²) >= 11 is 0. The lowest BCUT2D eigenvalue weighted by Gasteiger charge is -2.20. The fourth-order valence-corrected chi connectivity index (χ4v) is 1.56. The summed E-state index contributed by atoms with van der Waals surface area (Å²) in [6.45, 7) is 1.28. The Hall–Kier alpha value is -2.24. The first-order chi connectivity index (χ1) is 8.11. The van der Waals surface area contributed by atoms with E-state index in [0.717, 1.165) is 0 Å². The first-order valence-electron chi connectivity index (χ1n) is 4.92. The van der Waals surface area contributed by atoms with Crippen molar-refractivity contribution in [2.75, 3.05) is 7.11 Å². The third kappa shape index (κ3) is 2.15. The van der Waals surface area contributed by atoms with Crippen LogP contribution in [0.5, 0.6) is 0 Å². The third-order valence-corrected chi connectivity index (χ3v) is 2.29. The summed E-state index contributed by atoms with van der Waals surface area (Å²) in [5, 5.41) is 0. The molecule has 1 atom stereocenters. The SMILES string of the molecule is COC1=CC2=NC=NC(=O)C2C=C1OC(C)=O. The molecule has 0 bridgehead atoms. The van der Waals surface area contributed by atoms with Crippen LogP contribution in [-0.4, -0.2) is 31.0 Å². The van der Waals surface area contributed by atoms with Gasteiger partial charge in [0.1, 0.15) is 12.3 Å². The van der Waals surface area contributed by atoms with Crippen molar-refractivity contribution in [3.8, 4) is 0 Å². The van der Waals surface area contributed by atoms with Crippen LogP contribution < -0.4 is 0 Å². The maximum Gasteiger partial charge on any atom is 0.308 e. The Morgan fingerprint density at radius 1 is 1.41 bits per heavy atom. The highest BCUT2D eigenvalue weighted by Crippen LogP contribution is 2.25. The molecule has 2 rings (SSSR count). The average Bonchev–Trinajstić information content (AvgIpc) is 2.29. The maximum absolute atomic E-state index is 11.5. The molecule has 1 aliphatic carbocycles.